The molecule has 1 aromatic rings. The van der Waals surface area contributed by atoms with Crippen molar-refractivity contribution in [2.45, 2.75) is 44.2 Å². The maximum Gasteiger partial charge on any atom is 0.113 e. The average Bonchev–Trinajstić information content (AvgIpc) is 2.79. The molecule has 2 aliphatic rings. The van der Waals surface area contributed by atoms with Crippen molar-refractivity contribution in [2.75, 3.05) is 19.6 Å². The Bertz CT molecular complexity index is 392. The van der Waals surface area contributed by atoms with Crippen LogP contribution in [0.3, 0.4) is 0 Å². The molecule has 1 spiro atoms. The van der Waals surface area contributed by atoms with Gasteiger partial charge in [0.05, 0.1) is 12.7 Å². The predicted octanol–water partition coefficient (Wildman–Crippen LogP) is 2.90. The first-order valence-corrected chi connectivity index (χ1v) is 8.04. The summed E-state index contributed by atoms with van der Waals surface area (Å²) in [6.45, 7) is 4.35. The molecule has 5 heteroatoms. The fourth-order valence-electron chi connectivity index (χ4n) is 3.36. The van der Waals surface area contributed by atoms with Crippen molar-refractivity contribution in [2.24, 2.45) is 0 Å². The van der Waals surface area contributed by atoms with Gasteiger partial charge in [-0.2, -0.15) is 0 Å². The number of rotatable bonds is 2. The summed E-state index contributed by atoms with van der Waals surface area (Å²) in [5.74, 6) is 0. The molecule has 3 nitrogen and oxygen atoms in total. The number of nitrogens with zero attached hydrogens (tertiary/aromatic N) is 2. The van der Waals surface area contributed by atoms with Gasteiger partial charge in [0.15, 0.2) is 0 Å². The maximum absolute atomic E-state index is 5.98. The van der Waals surface area contributed by atoms with E-state index in [0.29, 0.717) is 5.54 Å². The third-order valence-electron chi connectivity index (χ3n) is 4.32. The first-order valence-electron chi connectivity index (χ1n) is 6.85. The molecule has 0 amide bonds. The molecule has 1 aliphatic carbocycles. The van der Waals surface area contributed by atoms with Crippen molar-refractivity contribution < 1.29 is 0 Å². The normalized spacial score (nSPS) is 24.5. The zero-order chi connectivity index (χ0) is 12.4. The van der Waals surface area contributed by atoms with Crippen molar-refractivity contribution in [1.29, 1.82) is 0 Å². The molecule has 0 atom stereocenters. The Kier molecular flexibility index (Phi) is 3.89. The molecule has 1 aliphatic heterocycles. The Hall–Kier alpha value is -0.160. The summed E-state index contributed by atoms with van der Waals surface area (Å²) in [7, 11) is 0. The number of thiazole rings is 1. The zero-order valence-corrected chi connectivity index (χ0v) is 12.2. The molecular weight excluding hydrogens is 266 g/mol. The highest BCUT2D eigenvalue weighted by Gasteiger charge is 2.39. The van der Waals surface area contributed by atoms with E-state index >= 15 is 0 Å². The van der Waals surface area contributed by atoms with Crippen LogP contribution in [0.2, 0.25) is 4.34 Å². The van der Waals surface area contributed by atoms with Crippen LogP contribution in [0.1, 0.15) is 37.1 Å². The molecule has 0 bridgehead atoms. The largest absolute Gasteiger partial charge is 0.314 e. The van der Waals surface area contributed by atoms with Crippen LogP contribution in [0.25, 0.3) is 0 Å². The van der Waals surface area contributed by atoms with E-state index in [1.165, 1.54) is 32.1 Å². The Balaban J connectivity index is 1.75. The number of hydrogen-bond donors (Lipinski definition) is 1. The van der Waals surface area contributed by atoms with Gasteiger partial charge in [-0.25, -0.2) is 4.98 Å². The predicted molar refractivity (Wildman–Crippen MR) is 76.2 cm³/mol. The fourth-order valence-corrected chi connectivity index (χ4v) is 4.33. The van der Waals surface area contributed by atoms with Gasteiger partial charge < -0.3 is 5.32 Å². The van der Waals surface area contributed by atoms with E-state index < -0.39 is 0 Å². The molecular formula is C13H20ClN3S. The summed E-state index contributed by atoms with van der Waals surface area (Å²) in [6, 6.07) is 0. The fraction of sp³-hybridized carbons (Fsp3) is 0.769. The molecule has 2 fully saturated rings. The van der Waals surface area contributed by atoms with Crippen molar-refractivity contribution in [3.63, 3.8) is 0 Å². The minimum atomic E-state index is 0.384. The van der Waals surface area contributed by atoms with Gasteiger partial charge in [0, 0.05) is 25.2 Å². The van der Waals surface area contributed by atoms with E-state index in [4.69, 9.17) is 11.6 Å². The van der Waals surface area contributed by atoms with E-state index in [0.717, 1.165) is 35.5 Å². The molecule has 1 saturated carbocycles. The van der Waals surface area contributed by atoms with Gasteiger partial charge in [0.25, 0.3) is 0 Å². The van der Waals surface area contributed by atoms with Gasteiger partial charge >= 0.3 is 0 Å². The molecule has 1 saturated heterocycles. The number of aromatic nitrogens is 1. The lowest BCUT2D eigenvalue weighted by Gasteiger charge is -2.49. The van der Waals surface area contributed by atoms with Gasteiger partial charge in [-0.1, -0.05) is 30.9 Å². The number of hydrogen-bond acceptors (Lipinski definition) is 4. The van der Waals surface area contributed by atoms with Gasteiger partial charge in [0.1, 0.15) is 9.34 Å². The smallest absolute Gasteiger partial charge is 0.113 e. The van der Waals surface area contributed by atoms with Crippen molar-refractivity contribution in [1.82, 2.24) is 15.2 Å². The molecule has 0 radical (unpaired) electrons. The van der Waals surface area contributed by atoms with E-state index in [1.807, 2.05) is 0 Å². The van der Waals surface area contributed by atoms with Crippen LogP contribution >= 0.6 is 22.9 Å². The summed E-state index contributed by atoms with van der Waals surface area (Å²) in [6.07, 6.45) is 8.59. The van der Waals surface area contributed by atoms with Crippen LogP contribution in [0, 0.1) is 0 Å². The minimum Gasteiger partial charge on any atom is -0.314 e. The Labute approximate surface area is 118 Å². The SMILES string of the molecule is Clc1cnc(CN2CCNCC23CCCCC3)s1. The van der Waals surface area contributed by atoms with Crippen molar-refractivity contribution in [3.05, 3.63) is 15.5 Å². The highest BCUT2D eigenvalue weighted by Crippen LogP contribution is 2.36. The number of nitrogens with one attached hydrogen (secondary N) is 1. The van der Waals surface area contributed by atoms with Crippen LogP contribution in [-0.2, 0) is 6.54 Å². The summed E-state index contributed by atoms with van der Waals surface area (Å²) >= 11 is 7.60. The highest BCUT2D eigenvalue weighted by molar-refractivity contribution is 7.15. The molecule has 2 heterocycles. The van der Waals surface area contributed by atoms with E-state index in [9.17, 15) is 0 Å². The molecule has 100 valence electrons. The molecule has 0 aromatic carbocycles. The van der Waals surface area contributed by atoms with Gasteiger partial charge in [-0.15, -0.1) is 11.3 Å². The molecule has 3 rings (SSSR count). The lowest BCUT2D eigenvalue weighted by atomic mass is 9.79. The van der Waals surface area contributed by atoms with Gasteiger partial charge in [-0.05, 0) is 12.8 Å². The van der Waals surface area contributed by atoms with Crippen LogP contribution in [-0.4, -0.2) is 35.1 Å². The van der Waals surface area contributed by atoms with Gasteiger partial charge in [-0.3, -0.25) is 4.90 Å². The second-order valence-electron chi connectivity index (χ2n) is 5.44. The maximum atomic E-state index is 5.98. The summed E-state index contributed by atoms with van der Waals surface area (Å²) in [5, 5.41) is 4.74. The first kappa shape index (κ1) is 12.9. The second kappa shape index (κ2) is 5.45. The average molecular weight is 286 g/mol. The van der Waals surface area contributed by atoms with E-state index in [2.05, 4.69) is 15.2 Å². The van der Waals surface area contributed by atoms with Crippen LogP contribution in [0.4, 0.5) is 0 Å². The third kappa shape index (κ3) is 2.57. The van der Waals surface area contributed by atoms with E-state index in [1.54, 1.807) is 17.5 Å². The zero-order valence-electron chi connectivity index (χ0n) is 10.6. The molecule has 1 N–H and O–H groups in total. The molecule has 18 heavy (non-hydrogen) atoms. The second-order valence-corrected chi connectivity index (χ2v) is 7.19. The van der Waals surface area contributed by atoms with Crippen LogP contribution in [0.15, 0.2) is 6.20 Å². The van der Waals surface area contributed by atoms with Crippen LogP contribution in [0.5, 0.6) is 0 Å². The molecule has 0 unspecified atom stereocenters. The van der Waals surface area contributed by atoms with E-state index in [-0.39, 0.29) is 0 Å². The number of halogens is 1. The lowest BCUT2D eigenvalue weighted by Crippen LogP contribution is -2.61. The van der Waals surface area contributed by atoms with Gasteiger partial charge in [0.2, 0.25) is 0 Å². The minimum absolute atomic E-state index is 0.384. The first-order chi connectivity index (χ1) is 8.78. The van der Waals surface area contributed by atoms with Crippen LogP contribution < -0.4 is 5.32 Å². The van der Waals surface area contributed by atoms with Crippen molar-refractivity contribution >= 4 is 22.9 Å². The Morgan fingerprint density at radius 3 is 2.94 bits per heavy atom. The van der Waals surface area contributed by atoms with Crippen molar-refractivity contribution in [3.8, 4) is 0 Å². The molecule has 1 aromatic heterocycles. The Morgan fingerprint density at radius 2 is 2.22 bits per heavy atom. The number of piperazine rings is 1. The third-order valence-corrected chi connectivity index (χ3v) is 5.42. The quantitative estimate of drug-likeness (QED) is 0.906. The highest BCUT2D eigenvalue weighted by atomic mass is 35.5. The monoisotopic (exact) mass is 285 g/mol. The lowest BCUT2D eigenvalue weighted by molar-refractivity contribution is 0.0208. The summed E-state index contributed by atoms with van der Waals surface area (Å²) in [5.41, 5.74) is 0.384. The summed E-state index contributed by atoms with van der Waals surface area (Å²) < 4.78 is 0.804. The summed E-state index contributed by atoms with van der Waals surface area (Å²) in [4.78, 5) is 7.06. The Morgan fingerprint density at radius 1 is 1.39 bits per heavy atom. The standard InChI is InChI=1S/C13H20ClN3S/c14-11-8-16-12(18-11)9-17-7-6-15-10-13(17)4-2-1-3-5-13/h8,15H,1-7,9-10H2. The topological polar surface area (TPSA) is 28.2 Å².